The van der Waals surface area contributed by atoms with Crippen LogP contribution in [0.15, 0.2) is 66.7 Å². The number of carbonyl (C=O) groups is 1. The lowest BCUT2D eigenvalue weighted by atomic mass is 9.76. The number of likely N-dealkylation sites (tertiary alicyclic amines) is 1. The van der Waals surface area contributed by atoms with Crippen molar-refractivity contribution >= 4 is 41.7 Å². The zero-order valence-corrected chi connectivity index (χ0v) is 26.3. The number of piperidine rings is 1. The van der Waals surface area contributed by atoms with Crippen LogP contribution in [0, 0.1) is 0 Å². The lowest BCUT2D eigenvalue weighted by molar-refractivity contribution is -0.143. The van der Waals surface area contributed by atoms with E-state index in [1.54, 1.807) is 18.2 Å². The zero-order chi connectivity index (χ0) is 31.7. The molecular weight excluding hydrogens is 665 g/mol. The standard InChI is InChI=1S/C32H30Cl2F6N2O2.ClH/c33-27-7-6-24(17-28(27)34)30(10-13-41-11-8-23(9-12-41)22-4-2-1-3-5-22)19-42(29(43)44-20-30)18-21-14-25(31(35,36)37)16-26(15-21)32(38,39)40;/h1-7,14-17,23H,8-13,18-20H2;1H. The van der Waals surface area contributed by atoms with Crippen LogP contribution >= 0.6 is 35.6 Å². The van der Waals surface area contributed by atoms with E-state index in [4.69, 9.17) is 27.9 Å². The summed E-state index contributed by atoms with van der Waals surface area (Å²) < 4.78 is 86.6. The van der Waals surface area contributed by atoms with Crippen molar-refractivity contribution in [3.05, 3.63) is 105 Å². The Bertz CT molecular complexity index is 1450. The molecule has 0 N–H and O–H groups in total. The summed E-state index contributed by atoms with van der Waals surface area (Å²) in [6.07, 6.45) is -8.38. The molecule has 2 fully saturated rings. The second-order valence-corrected chi connectivity index (χ2v) is 12.3. The van der Waals surface area contributed by atoms with E-state index in [1.165, 1.54) is 5.56 Å². The average molecular weight is 696 g/mol. The smallest absolute Gasteiger partial charge is 0.416 e. The van der Waals surface area contributed by atoms with Crippen molar-refractivity contribution in [2.24, 2.45) is 0 Å². The molecular formula is C32H31Cl3F6N2O2. The molecule has 0 spiro atoms. The Morgan fingerprint density at radius 2 is 1.47 bits per heavy atom. The van der Waals surface area contributed by atoms with Gasteiger partial charge >= 0.3 is 18.4 Å². The Hall–Kier alpha value is -2.66. The number of hydrogen-bond acceptors (Lipinski definition) is 3. The Balaban J connectivity index is 0.00000461. The van der Waals surface area contributed by atoms with Crippen molar-refractivity contribution < 1.29 is 35.9 Å². The summed E-state index contributed by atoms with van der Waals surface area (Å²) in [6.45, 7) is 1.81. The number of carbonyl (C=O) groups excluding carboxylic acids is 1. The molecule has 2 aliphatic heterocycles. The summed E-state index contributed by atoms with van der Waals surface area (Å²) in [6, 6.07) is 16.7. The molecule has 3 aromatic rings. The van der Waals surface area contributed by atoms with Crippen molar-refractivity contribution in [3.8, 4) is 0 Å². The average Bonchev–Trinajstić information content (AvgIpc) is 2.99. The van der Waals surface area contributed by atoms with Gasteiger partial charge < -0.3 is 14.5 Å². The van der Waals surface area contributed by atoms with E-state index >= 15 is 0 Å². The highest BCUT2D eigenvalue weighted by Gasteiger charge is 2.43. The number of rotatable bonds is 7. The van der Waals surface area contributed by atoms with Crippen LogP contribution < -0.4 is 0 Å². The molecule has 2 heterocycles. The van der Waals surface area contributed by atoms with Crippen molar-refractivity contribution in [1.29, 1.82) is 0 Å². The number of halogens is 9. The van der Waals surface area contributed by atoms with Gasteiger partial charge in [-0.05, 0) is 91.8 Å². The van der Waals surface area contributed by atoms with E-state index in [2.05, 4.69) is 17.0 Å². The number of cyclic esters (lactones) is 1. The van der Waals surface area contributed by atoms with Crippen molar-refractivity contribution in [3.63, 3.8) is 0 Å². The first-order chi connectivity index (χ1) is 20.7. The lowest BCUT2D eigenvalue weighted by Crippen LogP contribution is -2.53. The molecule has 0 aliphatic carbocycles. The number of ether oxygens (including phenoxy) is 1. The highest BCUT2D eigenvalue weighted by molar-refractivity contribution is 6.42. The Morgan fingerprint density at radius 3 is 2.04 bits per heavy atom. The van der Waals surface area contributed by atoms with Gasteiger partial charge in [0.2, 0.25) is 0 Å². The number of alkyl halides is 6. The summed E-state index contributed by atoms with van der Waals surface area (Å²) in [7, 11) is 0. The molecule has 4 nitrogen and oxygen atoms in total. The first-order valence-electron chi connectivity index (χ1n) is 14.2. The molecule has 1 unspecified atom stereocenters. The molecule has 1 atom stereocenters. The van der Waals surface area contributed by atoms with Crippen molar-refractivity contribution in [1.82, 2.24) is 9.80 Å². The second-order valence-electron chi connectivity index (χ2n) is 11.5. The minimum atomic E-state index is -5.00. The molecule has 2 saturated heterocycles. The van der Waals surface area contributed by atoms with Gasteiger partial charge in [-0.25, -0.2) is 4.79 Å². The van der Waals surface area contributed by atoms with Gasteiger partial charge in [-0.2, -0.15) is 26.3 Å². The predicted molar refractivity (Wildman–Crippen MR) is 163 cm³/mol. The minimum absolute atomic E-state index is 0. The highest BCUT2D eigenvalue weighted by Crippen LogP contribution is 2.40. The fraction of sp³-hybridized carbons (Fsp3) is 0.406. The molecule has 2 aliphatic rings. The third-order valence-corrected chi connectivity index (χ3v) is 9.28. The molecule has 5 rings (SSSR count). The van der Waals surface area contributed by atoms with Crippen LogP contribution in [0.2, 0.25) is 10.0 Å². The summed E-state index contributed by atoms with van der Waals surface area (Å²) in [4.78, 5) is 16.4. The number of nitrogens with zero attached hydrogens (tertiary/aromatic N) is 2. The fourth-order valence-corrected chi connectivity index (χ4v) is 6.40. The molecule has 13 heteroatoms. The molecule has 1 amide bonds. The van der Waals surface area contributed by atoms with Gasteiger partial charge in [0.05, 0.1) is 21.2 Å². The minimum Gasteiger partial charge on any atom is -0.448 e. The maximum absolute atomic E-state index is 13.5. The van der Waals surface area contributed by atoms with Crippen LogP contribution in [0.5, 0.6) is 0 Å². The van der Waals surface area contributed by atoms with E-state index in [0.29, 0.717) is 41.6 Å². The highest BCUT2D eigenvalue weighted by atomic mass is 35.5. The normalized spacial score (nSPS) is 20.1. The largest absolute Gasteiger partial charge is 0.448 e. The van der Waals surface area contributed by atoms with Crippen molar-refractivity contribution in [2.75, 3.05) is 32.8 Å². The first-order valence-corrected chi connectivity index (χ1v) is 14.9. The third kappa shape index (κ3) is 8.39. The van der Waals surface area contributed by atoms with E-state index < -0.39 is 41.5 Å². The van der Waals surface area contributed by atoms with Gasteiger partial charge in [0.25, 0.3) is 0 Å². The van der Waals surface area contributed by atoms with Gasteiger partial charge in [-0.1, -0.05) is 59.6 Å². The summed E-state index contributed by atoms with van der Waals surface area (Å²) in [5.41, 5.74) is -2.02. The van der Waals surface area contributed by atoms with Crippen LogP contribution in [0.4, 0.5) is 31.1 Å². The Morgan fingerprint density at radius 1 is 0.844 bits per heavy atom. The van der Waals surface area contributed by atoms with Crippen molar-refractivity contribution in [2.45, 2.75) is 49.5 Å². The van der Waals surface area contributed by atoms with E-state index in [9.17, 15) is 31.1 Å². The van der Waals surface area contributed by atoms with Gasteiger partial charge in [0.1, 0.15) is 6.61 Å². The van der Waals surface area contributed by atoms with Gasteiger partial charge in [0, 0.05) is 18.5 Å². The van der Waals surface area contributed by atoms with Crippen LogP contribution in [0.3, 0.4) is 0 Å². The van der Waals surface area contributed by atoms with Crippen LogP contribution in [0.1, 0.15) is 53.0 Å². The molecule has 244 valence electrons. The number of amides is 1. The maximum atomic E-state index is 13.5. The number of hydrogen-bond donors (Lipinski definition) is 0. The Labute approximate surface area is 273 Å². The summed E-state index contributed by atoms with van der Waals surface area (Å²) in [5, 5.41) is 0.602. The van der Waals surface area contributed by atoms with Gasteiger partial charge in [-0.3, -0.25) is 0 Å². The lowest BCUT2D eigenvalue weighted by Gasteiger charge is -2.44. The van der Waals surface area contributed by atoms with Gasteiger partial charge in [-0.15, -0.1) is 12.4 Å². The zero-order valence-electron chi connectivity index (χ0n) is 23.9. The third-order valence-electron chi connectivity index (χ3n) is 8.54. The first kappa shape index (κ1) is 35.2. The molecule has 3 aromatic carbocycles. The topological polar surface area (TPSA) is 32.8 Å². The maximum Gasteiger partial charge on any atom is 0.416 e. The van der Waals surface area contributed by atoms with Crippen LogP contribution in [0.25, 0.3) is 0 Å². The van der Waals surface area contributed by atoms with Gasteiger partial charge in [0.15, 0.2) is 0 Å². The van der Waals surface area contributed by atoms with Crippen LogP contribution in [-0.4, -0.2) is 48.7 Å². The van der Waals surface area contributed by atoms with E-state index in [-0.39, 0.29) is 42.2 Å². The number of benzene rings is 3. The van der Waals surface area contributed by atoms with Crippen LogP contribution in [-0.2, 0) is 29.0 Å². The molecule has 0 saturated carbocycles. The quantitative estimate of drug-likeness (QED) is 0.231. The molecule has 0 radical (unpaired) electrons. The Kier molecular flexibility index (Phi) is 10.9. The summed E-state index contributed by atoms with van der Waals surface area (Å²) in [5.74, 6) is 0.455. The van der Waals surface area contributed by atoms with E-state index in [0.717, 1.165) is 30.8 Å². The molecule has 45 heavy (non-hydrogen) atoms. The SMILES string of the molecule is Cl.O=C1OCC(CCN2CCC(c3ccccc3)CC2)(c2ccc(Cl)c(Cl)c2)CN1Cc1cc(C(F)(F)F)cc(C(F)(F)F)c1. The fourth-order valence-electron chi connectivity index (χ4n) is 6.10. The molecule has 0 aromatic heterocycles. The second kappa shape index (κ2) is 14.0. The molecule has 0 bridgehead atoms. The summed E-state index contributed by atoms with van der Waals surface area (Å²) >= 11 is 12.5. The predicted octanol–water partition coefficient (Wildman–Crippen LogP) is 9.61. The monoisotopic (exact) mass is 694 g/mol. The van der Waals surface area contributed by atoms with E-state index in [1.807, 2.05) is 18.2 Å².